The first-order valence-electron chi connectivity index (χ1n) is 11.5. The first kappa shape index (κ1) is 26.5. The maximum Gasteiger partial charge on any atom is 0.309 e. The maximum absolute atomic E-state index is 13.5. The number of halogens is 1. The number of benzene rings is 2. The summed E-state index contributed by atoms with van der Waals surface area (Å²) in [6.45, 7) is 4.54. The van der Waals surface area contributed by atoms with E-state index in [9.17, 15) is 18.8 Å². The smallest absolute Gasteiger partial charge is 0.309 e. The summed E-state index contributed by atoms with van der Waals surface area (Å²) in [5, 5.41) is 0. The van der Waals surface area contributed by atoms with Gasteiger partial charge in [-0.25, -0.2) is 9.37 Å². The van der Waals surface area contributed by atoms with Crippen molar-refractivity contribution in [3.05, 3.63) is 89.5 Å². The van der Waals surface area contributed by atoms with Crippen LogP contribution in [0, 0.1) is 11.7 Å². The number of rotatable bonds is 10. The van der Waals surface area contributed by atoms with Crippen LogP contribution in [0.2, 0.25) is 0 Å². The van der Waals surface area contributed by atoms with Gasteiger partial charge in [0, 0.05) is 31.5 Å². The van der Waals surface area contributed by atoms with E-state index in [1.54, 1.807) is 26.0 Å². The number of aromatic nitrogens is 1. The van der Waals surface area contributed by atoms with Crippen molar-refractivity contribution in [3.63, 3.8) is 0 Å². The number of esters is 2. The topological polar surface area (TPSA) is 91.8 Å². The van der Waals surface area contributed by atoms with Crippen LogP contribution in [-0.2, 0) is 14.3 Å². The molecule has 0 unspecified atom stereocenters. The first-order chi connectivity index (χ1) is 17.2. The van der Waals surface area contributed by atoms with Gasteiger partial charge in [0.05, 0.1) is 13.0 Å². The number of carbonyl (C=O) groups is 3. The fourth-order valence-corrected chi connectivity index (χ4v) is 3.92. The Kier molecular flexibility index (Phi) is 8.89. The van der Waals surface area contributed by atoms with Crippen LogP contribution in [0.25, 0.3) is 0 Å². The Morgan fingerprint density at radius 3 is 2.19 bits per heavy atom. The predicted molar refractivity (Wildman–Crippen MR) is 130 cm³/mol. The molecule has 0 spiro atoms. The predicted octanol–water partition coefficient (Wildman–Crippen LogP) is 5.13. The summed E-state index contributed by atoms with van der Waals surface area (Å²) in [5.74, 6) is -3.12. The van der Waals surface area contributed by atoms with Gasteiger partial charge in [-0.15, -0.1) is 0 Å². The van der Waals surface area contributed by atoms with Gasteiger partial charge in [-0.2, -0.15) is 0 Å². The van der Waals surface area contributed by atoms with Crippen LogP contribution in [0.15, 0.2) is 66.9 Å². The van der Waals surface area contributed by atoms with Crippen LogP contribution in [0.5, 0.6) is 11.5 Å². The minimum atomic E-state index is -0.803. The average molecular weight is 494 g/mol. The van der Waals surface area contributed by atoms with E-state index in [2.05, 4.69) is 4.98 Å². The number of hydrogen-bond donors (Lipinski definition) is 0. The van der Waals surface area contributed by atoms with E-state index >= 15 is 0 Å². The van der Waals surface area contributed by atoms with Crippen molar-refractivity contribution in [2.45, 2.75) is 39.2 Å². The second-order valence-corrected chi connectivity index (χ2v) is 8.39. The number of carbonyl (C=O) groups excluding carboxylic acids is 3. The zero-order chi connectivity index (χ0) is 26.2. The molecule has 0 N–H and O–H groups in total. The Morgan fingerprint density at radius 1 is 0.944 bits per heavy atom. The van der Waals surface area contributed by atoms with Gasteiger partial charge in [0.15, 0.2) is 17.2 Å². The molecular weight excluding hydrogens is 465 g/mol. The summed E-state index contributed by atoms with van der Waals surface area (Å²) in [6, 6.07) is 17.0. The summed E-state index contributed by atoms with van der Waals surface area (Å²) in [4.78, 5) is 41.5. The molecule has 0 fully saturated rings. The molecule has 1 heterocycles. The Morgan fingerprint density at radius 2 is 1.58 bits per heavy atom. The molecule has 3 atom stereocenters. The fraction of sp³-hybridized carbons (Fsp3) is 0.286. The number of ketones is 1. The van der Waals surface area contributed by atoms with Gasteiger partial charge in [-0.1, -0.05) is 49.4 Å². The van der Waals surface area contributed by atoms with Crippen LogP contribution in [0.3, 0.4) is 0 Å². The first-order valence-corrected chi connectivity index (χ1v) is 11.5. The van der Waals surface area contributed by atoms with Crippen LogP contribution < -0.4 is 9.47 Å². The Bertz CT molecular complexity index is 1210. The highest BCUT2D eigenvalue weighted by molar-refractivity contribution is 5.99. The van der Waals surface area contributed by atoms with Crippen molar-refractivity contribution in [1.82, 2.24) is 4.98 Å². The number of Topliss-reactive ketones (excluding diaryl/α,β-unsaturated/α-hetero) is 1. The minimum Gasteiger partial charge on any atom is -0.493 e. The Labute approximate surface area is 209 Å². The van der Waals surface area contributed by atoms with E-state index in [1.807, 2.05) is 30.3 Å². The van der Waals surface area contributed by atoms with E-state index in [0.29, 0.717) is 0 Å². The third-order valence-corrected chi connectivity index (χ3v) is 5.65. The zero-order valence-corrected chi connectivity index (χ0v) is 20.6. The maximum atomic E-state index is 13.5. The average Bonchev–Trinajstić information content (AvgIpc) is 2.85. The lowest BCUT2D eigenvalue weighted by molar-refractivity contribution is -0.153. The summed E-state index contributed by atoms with van der Waals surface area (Å²) in [7, 11) is 1.38. The highest BCUT2D eigenvalue weighted by Gasteiger charge is 2.29. The lowest BCUT2D eigenvalue weighted by Crippen LogP contribution is -2.28. The third-order valence-electron chi connectivity index (χ3n) is 5.65. The molecule has 0 amide bonds. The van der Waals surface area contributed by atoms with Crippen molar-refractivity contribution >= 4 is 17.7 Å². The van der Waals surface area contributed by atoms with Gasteiger partial charge in [0.2, 0.25) is 5.75 Å². The van der Waals surface area contributed by atoms with E-state index in [0.717, 1.165) is 11.1 Å². The SMILES string of the molecule is COc1ccnc(C(=O)C[C@@H](C)C(=O)O[C@@H](C)[C@H](c2ccccc2)c2ccc(F)cc2)c1OC(C)=O. The number of ether oxygens (including phenoxy) is 3. The van der Waals surface area contributed by atoms with Crippen molar-refractivity contribution in [2.75, 3.05) is 7.11 Å². The third kappa shape index (κ3) is 6.53. The van der Waals surface area contributed by atoms with Gasteiger partial charge >= 0.3 is 11.9 Å². The molecule has 0 bridgehead atoms. The van der Waals surface area contributed by atoms with Gasteiger partial charge in [-0.3, -0.25) is 14.4 Å². The van der Waals surface area contributed by atoms with E-state index in [-0.39, 0.29) is 35.3 Å². The largest absolute Gasteiger partial charge is 0.493 e. The van der Waals surface area contributed by atoms with Gasteiger partial charge in [0.25, 0.3) is 0 Å². The molecule has 0 aliphatic carbocycles. The highest BCUT2D eigenvalue weighted by Crippen LogP contribution is 2.32. The fourth-order valence-electron chi connectivity index (χ4n) is 3.92. The molecule has 1 aromatic heterocycles. The molecule has 2 aromatic carbocycles. The lowest BCUT2D eigenvalue weighted by atomic mass is 9.87. The monoisotopic (exact) mass is 493 g/mol. The molecule has 7 nitrogen and oxygen atoms in total. The second kappa shape index (κ2) is 12.1. The molecule has 3 rings (SSSR count). The molecule has 0 aliphatic heterocycles. The van der Waals surface area contributed by atoms with Crippen molar-refractivity contribution < 1.29 is 33.0 Å². The molecule has 188 valence electrons. The van der Waals surface area contributed by atoms with Crippen LogP contribution in [-0.4, -0.2) is 35.9 Å². The second-order valence-electron chi connectivity index (χ2n) is 8.39. The molecule has 3 aromatic rings. The van der Waals surface area contributed by atoms with E-state index < -0.39 is 29.7 Å². The molecule has 0 radical (unpaired) electrons. The van der Waals surface area contributed by atoms with Gasteiger partial charge < -0.3 is 14.2 Å². The quantitative estimate of drug-likeness (QED) is 0.286. The van der Waals surface area contributed by atoms with E-state index in [1.165, 1.54) is 38.4 Å². The molecule has 36 heavy (non-hydrogen) atoms. The summed E-state index contributed by atoms with van der Waals surface area (Å²) in [5.41, 5.74) is 1.59. The number of pyridine rings is 1. The summed E-state index contributed by atoms with van der Waals surface area (Å²) < 4.78 is 29.6. The van der Waals surface area contributed by atoms with Crippen molar-refractivity contribution in [3.8, 4) is 11.5 Å². The number of hydrogen-bond acceptors (Lipinski definition) is 7. The highest BCUT2D eigenvalue weighted by atomic mass is 19.1. The normalized spacial score (nSPS) is 13.2. The van der Waals surface area contributed by atoms with Crippen LogP contribution >= 0.6 is 0 Å². The zero-order valence-electron chi connectivity index (χ0n) is 20.6. The van der Waals surface area contributed by atoms with Crippen molar-refractivity contribution in [1.29, 1.82) is 0 Å². The van der Waals surface area contributed by atoms with Gasteiger partial charge in [-0.05, 0) is 30.2 Å². The van der Waals surface area contributed by atoms with E-state index in [4.69, 9.17) is 14.2 Å². The Balaban J connectivity index is 1.77. The number of methoxy groups -OCH3 is 1. The summed E-state index contributed by atoms with van der Waals surface area (Å²) >= 11 is 0. The molecule has 8 heteroatoms. The van der Waals surface area contributed by atoms with Gasteiger partial charge in [0.1, 0.15) is 11.9 Å². The minimum absolute atomic E-state index is 0.0908. The van der Waals surface area contributed by atoms with Crippen LogP contribution in [0.1, 0.15) is 54.7 Å². The number of nitrogens with zero attached hydrogens (tertiary/aromatic N) is 1. The molecule has 0 aliphatic rings. The molecule has 0 saturated carbocycles. The molecular formula is C28H28FNO6. The lowest BCUT2D eigenvalue weighted by Gasteiger charge is -2.26. The molecule has 0 saturated heterocycles. The standard InChI is InChI=1S/C28H28FNO6/c1-17(16-23(32)26-27(36-19(3)31)24(34-4)14-15-30-26)28(33)35-18(2)25(20-8-6-5-7-9-20)21-10-12-22(29)13-11-21/h5-15,17-18,25H,16H2,1-4H3/t17-,18+,25-/m1/s1. The Hall–Kier alpha value is -4.07. The van der Waals surface area contributed by atoms with Crippen molar-refractivity contribution in [2.24, 2.45) is 5.92 Å². The van der Waals surface area contributed by atoms with Crippen LogP contribution in [0.4, 0.5) is 4.39 Å². The summed E-state index contributed by atoms with van der Waals surface area (Å²) in [6.07, 6.45) is 0.540.